The Balaban J connectivity index is 1.76. The normalized spacial score (nSPS) is 13.4. The number of carbonyl (C=O) groups excluding carboxylic acids is 1. The summed E-state index contributed by atoms with van der Waals surface area (Å²) in [5.41, 5.74) is 0.0828. The van der Waals surface area contributed by atoms with Gasteiger partial charge in [0.1, 0.15) is 11.4 Å². The number of amides is 1. The van der Waals surface area contributed by atoms with Crippen LogP contribution in [0.2, 0.25) is 5.02 Å². The number of nitro groups is 2. The van der Waals surface area contributed by atoms with Crippen LogP contribution in [0.1, 0.15) is 29.6 Å². The van der Waals surface area contributed by atoms with Crippen molar-refractivity contribution in [2.75, 3.05) is 23.3 Å². The van der Waals surface area contributed by atoms with E-state index in [0.717, 1.165) is 38.4 Å². The lowest BCUT2D eigenvalue weighted by Crippen LogP contribution is -2.34. The van der Waals surface area contributed by atoms with Crippen molar-refractivity contribution in [1.29, 1.82) is 0 Å². The van der Waals surface area contributed by atoms with E-state index in [2.05, 4.69) is 10.6 Å². The Labute approximate surface area is 187 Å². The molecule has 1 fully saturated rings. The lowest BCUT2D eigenvalue weighted by molar-refractivity contribution is -0.384. The van der Waals surface area contributed by atoms with Crippen molar-refractivity contribution in [2.45, 2.75) is 19.3 Å². The van der Waals surface area contributed by atoms with Gasteiger partial charge in [0.25, 0.3) is 17.3 Å². The van der Waals surface area contributed by atoms with Crippen molar-refractivity contribution < 1.29 is 14.6 Å². The molecular weight excluding hydrogens is 446 g/mol. The number of rotatable bonds is 5. The molecule has 3 rings (SSSR count). The summed E-state index contributed by atoms with van der Waals surface area (Å²) < 4.78 is 0. The fraction of sp³-hybridized carbons (Fsp3) is 0.263. The molecule has 10 nitrogen and oxygen atoms in total. The zero-order chi connectivity index (χ0) is 22.5. The average Bonchev–Trinajstić information content (AvgIpc) is 2.74. The molecule has 1 aliphatic heterocycles. The third-order valence-corrected chi connectivity index (χ3v) is 5.20. The third kappa shape index (κ3) is 5.44. The smallest absolute Gasteiger partial charge is 0.294 e. The van der Waals surface area contributed by atoms with Gasteiger partial charge in [-0.3, -0.25) is 30.3 Å². The molecule has 2 aromatic rings. The highest BCUT2D eigenvalue weighted by Gasteiger charge is 2.24. The van der Waals surface area contributed by atoms with Gasteiger partial charge in [0.05, 0.1) is 9.85 Å². The molecule has 2 aromatic carbocycles. The van der Waals surface area contributed by atoms with Crippen LogP contribution < -0.4 is 15.5 Å². The van der Waals surface area contributed by atoms with Crippen LogP contribution in [0.3, 0.4) is 0 Å². The van der Waals surface area contributed by atoms with Crippen LogP contribution in [-0.4, -0.2) is 34.0 Å². The SMILES string of the molecule is O=C(NC(=S)Nc1ccc(Cl)cc1[N+](=O)[O-])c1ccc(N2CCCCC2)c([N+](=O)[O-])c1. The highest BCUT2D eigenvalue weighted by molar-refractivity contribution is 7.80. The third-order valence-electron chi connectivity index (χ3n) is 4.76. The molecule has 0 spiro atoms. The predicted molar refractivity (Wildman–Crippen MR) is 121 cm³/mol. The Bertz CT molecular complexity index is 1060. The molecule has 0 atom stereocenters. The van der Waals surface area contributed by atoms with E-state index in [4.69, 9.17) is 23.8 Å². The number of halogens is 1. The number of hydrogen-bond acceptors (Lipinski definition) is 7. The zero-order valence-corrected chi connectivity index (χ0v) is 17.7. The summed E-state index contributed by atoms with van der Waals surface area (Å²) >= 11 is 10.8. The maximum atomic E-state index is 12.6. The van der Waals surface area contributed by atoms with Gasteiger partial charge >= 0.3 is 0 Å². The standard InChI is InChI=1S/C19H18ClN5O5S/c20-13-5-6-14(16(11-13)24(27)28)21-19(31)22-18(26)12-4-7-15(17(10-12)25(29)30)23-8-2-1-3-9-23/h4-7,10-11H,1-3,8-9H2,(H2,21,22,26,31). The van der Waals surface area contributed by atoms with Gasteiger partial charge in [-0.15, -0.1) is 0 Å². The van der Waals surface area contributed by atoms with Crippen molar-refractivity contribution in [1.82, 2.24) is 5.32 Å². The summed E-state index contributed by atoms with van der Waals surface area (Å²) in [5.74, 6) is -0.678. The first-order valence-corrected chi connectivity index (χ1v) is 10.1. The van der Waals surface area contributed by atoms with Crippen LogP contribution in [0.4, 0.5) is 22.7 Å². The fourth-order valence-electron chi connectivity index (χ4n) is 3.30. The molecule has 0 unspecified atom stereocenters. The summed E-state index contributed by atoms with van der Waals surface area (Å²) in [4.78, 5) is 36.1. The molecule has 31 heavy (non-hydrogen) atoms. The lowest BCUT2D eigenvalue weighted by atomic mass is 10.1. The van der Waals surface area contributed by atoms with Crippen molar-refractivity contribution in [2.24, 2.45) is 0 Å². The van der Waals surface area contributed by atoms with E-state index in [1.54, 1.807) is 6.07 Å². The first-order chi connectivity index (χ1) is 14.8. The highest BCUT2D eigenvalue weighted by Crippen LogP contribution is 2.31. The summed E-state index contributed by atoms with van der Waals surface area (Å²) in [5, 5.41) is 27.7. The predicted octanol–water partition coefficient (Wildman–Crippen LogP) is 4.27. The number of nitrogens with one attached hydrogen (secondary N) is 2. The summed E-state index contributed by atoms with van der Waals surface area (Å²) in [6.45, 7) is 1.44. The van der Waals surface area contributed by atoms with Gasteiger partial charge in [-0.2, -0.15) is 0 Å². The Morgan fingerprint density at radius 2 is 1.68 bits per heavy atom. The first-order valence-electron chi connectivity index (χ1n) is 9.36. The number of nitro benzene ring substituents is 2. The van der Waals surface area contributed by atoms with Crippen LogP contribution in [-0.2, 0) is 0 Å². The van der Waals surface area contributed by atoms with Crippen LogP contribution in [0.5, 0.6) is 0 Å². The Kier molecular flexibility index (Phi) is 6.98. The second-order valence-electron chi connectivity index (χ2n) is 6.84. The summed E-state index contributed by atoms with van der Waals surface area (Å²) in [6, 6.07) is 8.18. The van der Waals surface area contributed by atoms with Crippen LogP contribution >= 0.6 is 23.8 Å². The molecule has 1 aliphatic rings. The van der Waals surface area contributed by atoms with Gasteiger partial charge in [0.15, 0.2) is 5.11 Å². The van der Waals surface area contributed by atoms with Crippen molar-refractivity contribution in [3.63, 3.8) is 0 Å². The van der Waals surface area contributed by atoms with E-state index in [9.17, 15) is 25.0 Å². The molecule has 0 radical (unpaired) electrons. The van der Waals surface area contributed by atoms with Crippen LogP contribution in [0, 0.1) is 20.2 Å². The number of hydrogen-bond donors (Lipinski definition) is 2. The number of benzene rings is 2. The van der Waals surface area contributed by atoms with Crippen LogP contribution in [0.15, 0.2) is 36.4 Å². The largest absolute Gasteiger partial charge is 0.366 e. The molecule has 12 heteroatoms. The minimum Gasteiger partial charge on any atom is -0.366 e. The maximum absolute atomic E-state index is 12.6. The summed E-state index contributed by atoms with van der Waals surface area (Å²) in [6.07, 6.45) is 2.99. The van der Waals surface area contributed by atoms with Gasteiger partial charge in [-0.1, -0.05) is 11.6 Å². The van der Waals surface area contributed by atoms with Gasteiger partial charge in [0, 0.05) is 35.8 Å². The molecule has 1 amide bonds. The van der Waals surface area contributed by atoms with E-state index in [0.29, 0.717) is 5.69 Å². The lowest BCUT2D eigenvalue weighted by Gasteiger charge is -2.28. The van der Waals surface area contributed by atoms with E-state index in [1.165, 1.54) is 24.3 Å². The number of nitrogens with zero attached hydrogens (tertiary/aromatic N) is 3. The fourth-order valence-corrected chi connectivity index (χ4v) is 3.67. The molecule has 1 saturated heterocycles. The van der Waals surface area contributed by atoms with Crippen molar-refractivity contribution in [3.8, 4) is 0 Å². The molecule has 0 aliphatic carbocycles. The molecular formula is C19H18ClN5O5S. The molecule has 0 bridgehead atoms. The monoisotopic (exact) mass is 463 g/mol. The number of anilines is 2. The molecule has 0 aromatic heterocycles. The average molecular weight is 464 g/mol. The number of piperidine rings is 1. The molecule has 2 N–H and O–H groups in total. The van der Waals surface area contributed by atoms with Gasteiger partial charge in [-0.25, -0.2) is 0 Å². The molecule has 1 heterocycles. The number of carbonyl (C=O) groups is 1. The second-order valence-corrected chi connectivity index (χ2v) is 7.68. The minimum absolute atomic E-state index is 0.0437. The van der Waals surface area contributed by atoms with Crippen molar-refractivity contribution in [3.05, 3.63) is 67.2 Å². The zero-order valence-electron chi connectivity index (χ0n) is 16.2. The maximum Gasteiger partial charge on any atom is 0.294 e. The second kappa shape index (κ2) is 9.67. The Morgan fingerprint density at radius 1 is 1.00 bits per heavy atom. The minimum atomic E-state index is -0.678. The van der Waals surface area contributed by atoms with E-state index >= 15 is 0 Å². The van der Waals surface area contributed by atoms with E-state index in [-0.39, 0.29) is 32.8 Å². The highest BCUT2D eigenvalue weighted by atomic mass is 35.5. The summed E-state index contributed by atoms with van der Waals surface area (Å²) in [7, 11) is 0. The molecule has 162 valence electrons. The van der Waals surface area contributed by atoms with Gasteiger partial charge in [-0.05, 0) is 55.7 Å². The quantitative estimate of drug-likeness (QED) is 0.381. The topological polar surface area (TPSA) is 131 Å². The van der Waals surface area contributed by atoms with Gasteiger partial charge < -0.3 is 10.2 Å². The molecule has 0 saturated carbocycles. The first kappa shape index (κ1) is 22.4. The van der Waals surface area contributed by atoms with Gasteiger partial charge in [0.2, 0.25) is 0 Å². The van der Waals surface area contributed by atoms with Crippen LogP contribution in [0.25, 0.3) is 0 Å². The van der Waals surface area contributed by atoms with E-state index in [1.807, 2.05) is 4.90 Å². The Morgan fingerprint density at radius 3 is 2.32 bits per heavy atom. The van der Waals surface area contributed by atoms with E-state index < -0.39 is 15.8 Å². The van der Waals surface area contributed by atoms with Crippen molar-refractivity contribution >= 4 is 57.6 Å². The number of thiocarbonyl (C=S) groups is 1. The Hall–Kier alpha value is -3.31.